The molecule has 1 fully saturated rings. The maximum atomic E-state index is 14.5. The van der Waals surface area contributed by atoms with Gasteiger partial charge in [0.1, 0.15) is 18.1 Å². The highest BCUT2D eigenvalue weighted by Gasteiger charge is 2.29. The molecule has 0 spiro atoms. The largest absolute Gasteiger partial charge is 0.354 e. The topological polar surface area (TPSA) is 118 Å². The summed E-state index contributed by atoms with van der Waals surface area (Å²) in [7, 11) is 0. The number of anilines is 1. The van der Waals surface area contributed by atoms with Crippen molar-refractivity contribution < 1.29 is 18.8 Å². The van der Waals surface area contributed by atoms with E-state index >= 15 is 0 Å². The Kier molecular flexibility index (Phi) is 6.11. The SMILES string of the molecule is Cc1cccc(C(=O)Nc2cc3cn(CC(=O)NCCNC(=O)C4CC4)nc3cc2F)n1. The fourth-order valence-corrected chi connectivity index (χ4v) is 3.21. The van der Waals surface area contributed by atoms with E-state index in [1.54, 1.807) is 31.3 Å². The van der Waals surface area contributed by atoms with Gasteiger partial charge in [0.15, 0.2) is 0 Å². The van der Waals surface area contributed by atoms with Crippen molar-refractivity contribution in [3.63, 3.8) is 0 Å². The zero-order valence-electron chi connectivity index (χ0n) is 17.5. The van der Waals surface area contributed by atoms with Crippen LogP contribution < -0.4 is 16.0 Å². The summed E-state index contributed by atoms with van der Waals surface area (Å²) in [6.07, 6.45) is 3.46. The van der Waals surface area contributed by atoms with Crippen molar-refractivity contribution in [3.8, 4) is 0 Å². The van der Waals surface area contributed by atoms with Gasteiger partial charge in [0.2, 0.25) is 11.8 Å². The molecule has 3 N–H and O–H groups in total. The van der Waals surface area contributed by atoms with Gasteiger partial charge in [-0.15, -0.1) is 0 Å². The summed E-state index contributed by atoms with van der Waals surface area (Å²) in [6, 6.07) is 7.68. The number of benzene rings is 1. The molecule has 3 amide bonds. The van der Waals surface area contributed by atoms with E-state index in [2.05, 4.69) is 26.0 Å². The number of nitrogens with one attached hydrogen (secondary N) is 3. The van der Waals surface area contributed by atoms with Gasteiger partial charge in [-0.25, -0.2) is 9.37 Å². The van der Waals surface area contributed by atoms with Crippen LogP contribution in [-0.2, 0) is 16.1 Å². The molecule has 32 heavy (non-hydrogen) atoms. The molecule has 3 aromatic rings. The molecule has 1 aliphatic carbocycles. The second-order valence-electron chi connectivity index (χ2n) is 7.75. The second-order valence-corrected chi connectivity index (χ2v) is 7.75. The third kappa shape index (κ3) is 5.26. The average Bonchev–Trinajstić information content (AvgIpc) is 3.53. The third-order valence-electron chi connectivity index (χ3n) is 5.01. The lowest BCUT2D eigenvalue weighted by molar-refractivity contribution is -0.123. The maximum Gasteiger partial charge on any atom is 0.274 e. The van der Waals surface area contributed by atoms with E-state index in [1.807, 2.05) is 0 Å². The molecule has 1 aliphatic rings. The van der Waals surface area contributed by atoms with Crippen LogP contribution in [-0.4, -0.2) is 45.6 Å². The molecule has 2 aromatic heterocycles. The van der Waals surface area contributed by atoms with Crippen LogP contribution in [0.2, 0.25) is 0 Å². The van der Waals surface area contributed by atoms with Gasteiger partial charge < -0.3 is 16.0 Å². The molecule has 2 heterocycles. The molecule has 1 saturated carbocycles. The van der Waals surface area contributed by atoms with Crippen LogP contribution in [0.15, 0.2) is 36.5 Å². The van der Waals surface area contributed by atoms with Crippen molar-refractivity contribution in [1.82, 2.24) is 25.4 Å². The van der Waals surface area contributed by atoms with Gasteiger partial charge in [-0.2, -0.15) is 5.10 Å². The second kappa shape index (κ2) is 9.13. The van der Waals surface area contributed by atoms with Crippen molar-refractivity contribution >= 4 is 34.3 Å². The number of amides is 3. The first kappa shape index (κ1) is 21.4. The Morgan fingerprint density at radius 1 is 1.16 bits per heavy atom. The van der Waals surface area contributed by atoms with Crippen LogP contribution in [0.3, 0.4) is 0 Å². The predicted octanol–water partition coefficient (Wildman–Crippen LogP) is 1.77. The quantitative estimate of drug-likeness (QED) is 0.464. The van der Waals surface area contributed by atoms with E-state index in [0.717, 1.165) is 12.8 Å². The molecular weight excluding hydrogens is 415 g/mol. The summed E-state index contributed by atoms with van der Waals surface area (Å²) < 4.78 is 15.9. The number of pyridine rings is 1. The summed E-state index contributed by atoms with van der Waals surface area (Å²) in [5.74, 6) is -1.28. The summed E-state index contributed by atoms with van der Waals surface area (Å²) in [6.45, 7) is 2.39. The van der Waals surface area contributed by atoms with Gasteiger partial charge in [0.25, 0.3) is 5.91 Å². The summed E-state index contributed by atoms with van der Waals surface area (Å²) in [4.78, 5) is 40.2. The minimum absolute atomic E-state index is 0.00112. The van der Waals surface area contributed by atoms with Crippen LogP contribution in [0.5, 0.6) is 0 Å². The van der Waals surface area contributed by atoms with Crippen LogP contribution in [0, 0.1) is 18.7 Å². The lowest BCUT2D eigenvalue weighted by Gasteiger charge is -2.06. The van der Waals surface area contributed by atoms with Crippen molar-refractivity contribution in [2.24, 2.45) is 5.92 Å². The molecule has 10 heteroatoms. The Morgan fingerprint density at radius 2 is 1.94 bits per heavy atom. The number of halogens is 1. The zero-order valence-corrected chi connectivity index (χ0v) is 17.5. The van der Waals surface area contributed by atoms with E-state index in [4.69, 9.17) is 0 Å². The van der Waals surface area contributed by atoms with E-state index in [0.29, 0.717) is 29.7 Å². The lowest BCUT2D eigenvalue weighted by Crippen LogP contribution is -2.36. The number of fused-ring (bicyclic) bond motifs is 1. The predicted molar refractivity (Wildman–Crippen MR) is 115 cm³/mol. The minimum Gasteiger partial charge on any atom is -0.354 e. The number of aromatic nitrogens is 3. The molecule has 0 atom stereocenters. The Hall–Kier alpha value is -3.82. The Balaban J connectivity index is 1.35. The van der Waals surface area contributed by atoms with Crippen molar-refractivity contribution in [2.75, 3.05) is 18.4 Å². The third-order valence-corrected chi connectivity index (χ3v) is 5.01. The normalized spacial score (nSPS) is 13.1. The van der Waals surface area contributed by atoms with E-state index < -0.39 is 11.7 Å². The molecule has 166 valence electrons. The van der Waals surface area contributed by atoms with E-state index in [-0.39, 0.29) is 35.7 Å². The van der Waals surface area contributed by atoms with Crippen molar-refractivity contribution in [3.05, 3.63) is 53.7 Å². The number of aryl methyl sites for hydroxylation is 1. The number of carbonyl (C=O) groups is 3. The van der Waals surface area contributed by atoms with Gasteiger partial charge in [0.05, 0.1) is 11.2 Å². The lowest BCUT2D eigenvalue weighted by atomic mass is 10.2. The molecule has 4 rings (SSSR count). The average molecular weight is 438 g/mol. The summed E-state index contributed by atoms with van der Waals surface area (Å²) in [5, 5.41) is 12.8. The Labute approximate surface area is 183 Å². The highest BCUT2D eigenvalue weighted by atomic mass is 19.1. The molecule has 0 unspecified atom stereocenters. The first-order chi connectivity index (χ1) is 15.4. The summed E-state index contributed by atoms with van der Waals surface area (Å²) >= 11 is 0. The van der Waals surface area contributed by atoms with Gasteiger partial charge >= 0.3 is 0 Å². The fraction of sp³-hybridized carbons (Fsp3) is 0.318. The minimum atomic E-state index is -0.639. The monoisotopic (exact) mass is 438 g/mol. The van der Waals surface area contributed by atoms with Gasteiger partial charge in [-0.1, -0.05) is 6.07 Å². The van der Waals surface area contributed by atoms with Crippen LogP contribution >= 0.6 is 0 Å². The molecular formula is C22H23FN6O3. The highest BCUT2D eigenvalue weighted by Crippen LogP contribution is 2.28. The maximum absolute atomic E-state index is 14.5. The zero-order chi connectivity index (χ0) is 22.7. The van der Waals surface area contributed by atoms with Gasteiger partial charge in [-0.3, -0.25) is 19.1 Å². The fourth-order valence-electron chi connectivity index (χ4n) is 3.21. The number of nitrogens with zero attached hydrogens (tertiary/aromatic N) is 3. The molecule has 0 bridgehead atoms. The van der Waals surface area contributed by atoms with E-state index in [1.165, 1.54) is 16.8 Å². The highest BCUT2D eigenvalue weighted by molar-refractivity contribution is 6.03. The number of hydrogen-bond acceptors (Lipinski definition) is 5. The molecule has 0 radical (unpaired) electrons. The Bertz CT molecular complexity index is 1190. The first-order valence-electron chi connectivity index (χ1n) is 10.3. The van der Waals surface area contributed by atoms with E-state index in [9.17, 15) is 18.8 Å². The Morgan fingerprint density at radius 3 is 2.69 bits per heavy atom. The van der Waals surface area contributed by atoms with Crippen molar-refractivity contribution in [2.45, 2.75) is 26.3 Å². The molecule has 0 saturated heterocycles. The standard InChI is InChI=1S/C22H23FN6O3/c1-13-3-2-4-17(26-13)22(32)27-19-9-15-11-29(28-18(15)10-16(19)23)12-20(30)24-7-8-25-21(31)14-5-6-14/h2-4,9-11,14H,5-8,12H2,1H3,(H,24,30)(H,25,31)(H,27,32). The van der Waals surface area contributed by atoms with Crippen LogP contribution in [0.25, 0.3) is 10.9 Å². The number of carbonyl (C=O) groups excluding carboxylic acids is 3. The van der Waals surface area contributed by atoms with Gasteiger partial charge in [0, 0.05) is 42.4 Å². The number of rotatable bonds is 8. The first-order valence-corrected chi connectivity index (χ1v) is 10.3. The van der Waals surface area contributed by atoms with Crippen LogP contribution in [0.1, 0.15) is 29.0 Å². The number of hydrogen-bond donors (Lipinski definition) is 3. The van der Waals surface area contributed by atoms with Crippen LogP contribution in [0.4, 0.5) is 10.1 Å². The molecule has 0 aliphatic heterocycles. The smallest absolute Gasteiger partial charge is 0.274 e. The molecule has 9 nitrogen and oxygen atoms in total. The van der Waals surface area contributed by atoms with Gasteiger partial charge in [-0.05, 0) is 38.0 Å². The van der Waals surface area contributed by atoms with Crippen molar-refractivity contribution in [1.29, 1.82) is 0 Å². The summed E-state index contributed by atoms with van der Waals surface area (Å²) in [5.41, 5.74) is 1.23. The molecule has 1 aromatic carbocycles.